The monoisotopic (exact) mass is 324 g/mol. The Morgan fingerprint density at radius 3 is 2.55 bits per heavy atom. The standard InChI is InChI=1S/C14H12FNO5S/c1-21-12-7-6-9(15)8-13(12)22(19,20)16-11-5-3-2-4-10(11)14(17)18/h2-8,16H,1H3,(H,17,18)/p-1. The molecule has 0 atom stereocenters. The summed E-state index contributed by atoms with van der Waals surface area (Å²) in [4.78, 5) is 10.5. The number of benzene rings is 2. The van der Waals surface area contributed by atoms with E-state index in [0.717, 1.165) is 18.2 Å². The predicted octanol–water partition coefficient (Wildman–Crippen LogP) is 0.999. The summed E-state index contributed by atoms with van der Waals surface area (Å²) in [6.07, 6.45) is 0. The summed E-state index contributed by atoms with van der Waals surface area (Å²) < 4.78 is 45.0. The third kappa shape index (κ3) is 3.17. The molecule has 116 valence electrons. The van der Waals surface area contributed by atoms with Gasteiger partial charge in [-0.2, -0.15) is 0 Å². The zero-order valence-electron chi connectivity index (χ0n) is 11.4. The Balaban J connectivity index is 2.50. The van der Waals surface area contributed by atoms with E-state index in [-0.39, 0.29) is 17.0 Å². The van der Waals surface area contributed by atoms with Crippen LogP contribution in [0.3, 0.4) is 0 Å². The van der Waals surface area contributed by atoms with Crippen molar-refractivity contribution in [1.82, 2.24) is 0 Å². The molecule has 0 aliphatic carbocycles. The highest BCUT2D eigenvalue weighted by Crippen LogP contribution is 2.27. The number of ether oxygens (including phenoxy) is 1. The summed E-state index contributed by atoms with van der Waals surface area (Å²) in [5.41, 5.74) is -0.518. The minimum atomic E-state index is -4.24. The molecular formula is C14H11FNO5S-. The lowest BCUT2D eigenvalue weighted by Crippen LogP contribution is -2.25. The molecule has 6 nitrogen and oxygen atoms in total. The maximum atomic E-state index is 13.3. The van der Waals surface area contributed by atoms with Crippen molar-refractivity contribution in [2.75, 3.05) is 11.8 Å². The fourth-order valence-corrected chi connectivity index (χ4v) is 3.07. The fraction of sp³-hybridized carbons (Fsp3) is 0.0714. The first-order valence-electron chi connectivity index (χ1n) is 6.02. The normalized spacial score (nSPS) is 11.0. The van der Waals surface area contributed by atoms with Crippen molar-refractivity contribution in [2.24, 2.45) is 0 Å². The molecule has 2 aromatic carbocycles. The summed E-state index contributed by atoms with van der Waals surface area (Å²) in [7, 11) is -3.00. The average Bonchev–Trinajstić information content (AvgIpc) is 2.47. The van der Waals surface area contributed by atoms with Gasteiger partial charge in [-0.05, 0) is 24.3 Å². The van der Waals surface area contributed by atoms with Crippen molar-refractivity contribution in [1.29, 1.82) is 0 Å². The van der Waals surface area contributed by atoms with E-state index in [2.05, 4.69) is 4.72 Å². The lowest BCUT2D eigenvalue weighted by atomic mass is 10.2. The number of hydrogen-bond acceptors (Lipinski definition) is 5. The van der Waals surface area contributed by atoms with E-state index in [4.69, 9.17) is 4.74 Å². The minimum Gasteiger partial charge on any atom is -0.545 e. The van der Waals surface area contributed by atoms with Gasteiger partial charge in [-0.1, -0.05) is 18.2 Å². The molecule has 0 spiro atoms. The van der Waals surface area contributed by atoms with Crippen LogP contribution in [0.4, 0.5) is 10.1 Å². The zero-order valence-corrected chi connectivity index (χ0v) is 12.2. The number of para-hydroxylation sites is 1. The average molecular weight is 324 g/mol. The molecule has 0 aliphatic heterocycles. The van der Waals surface area contributed by atoms with Gasteiger partial charge < -0.3 is 14.6 Å². The van der Waals surface area contributed by atoms with Crippen molar-refractivity contribution in [2.45, 2.75) is 4.90 Å². The fourth-order valence-electron chi connectivity index (χ4n) is 1.81. The van der Waals surface area contributed by atoms with Gasteiger partial charge in [0.05, 0.1) is 18.8 Å². The number of sulfonamides is 1. The van der Waals surface area contributed by atoms with Crippen LogP contribution in [-0.2, 0) is 10.0 Å². The van der Waals surface area contributed by atoms with Crippen molar-refractivity contribution in [3.8, 4) is 5.75 Å². The lowest BCUT2D eigenvalue weighted by molar-refractivity contribution is -0.254. The minimum absolute atomic E-state index is 0.0696. The molecule has 0 aliphatic rings. The molecule has 22 heavy (non-hydrogen) atoms. The van der Waals surface area contributed by atoms with E-state index in [0.29, 0.717) is 0 Å². The third-order valence-corrected chi connectivity index (χ3v) is 4.19. The first kappa shape index (κ1) is 15.8. The van der Waals surface area contributed by atoms with Gasteiger partial charge in [-0.3, -0.25) is 4.72 Å². The van der Waals surface area contributed by atoms with Crippen LogP contribution in [0.2, 0.25) is 0 Å². The molecule has 2 aromatic rings. The highest BCUT2D eigenvalue weighted by atomic mass is 32.2. The maximum Gasteiger partial charge on any atom is 0.265 e. The number of anilines is 1. The van der Waals surface area contributed by atoms with Crippen LogP contribution in [0.25, 0.3) is 0 Å². The largest absolute Gasteiger partial charge is 0.545 e. The number of carbonyl (C=O) groups excluding carboxylic acids is 1. The van der Waals surface area contributed by atoms with E-state index >= 15 is 0 Å². The number of carboxylic acids is 1. The summed E-state index contributed by atoms with van der Waals surface area (Å²) >= 11 is 0. The van der Waals surface area contributed by atoms with Gasteiger partial charge in [-0.25, -0.2) is 12.8 Å². The van der Waals surface area contributed by atoms with Gasteiger partial charge in [-0.15, -0.1) is 0 Å². The molecule has 2 rings (SSSR count). The first-order chi connectivity index (χ1) is 10.3. The first-order valence-corrected chi connectivity index (χ1v) is 7.50. The number of carbonyl (C=O) groups is 1. The van der Waals surface area contributed by atoms with E-state index in [1.165, 1.54) is 31.4 Å². The lowest BCUT2D eigenvalue weighted by Gasteiger charge is -2.14. The third-order valence-electron chi connectivity index (χ3n) is 2.81. The van der Waals surface area contributed by atoms with E-state index < -0.39 is 26.7 Å². The molecule has 8 heteroatoms. The highest BCUT2D eigenvalue weighted by molar-refractivity contribution is 7.92. The molecular weight excluding hydrogens is 313 g/mol. The predicted molar refractivity (Wildman–Crippen MR) is 74.5 cm³/mol. The second kappa shape index (κ2) is 6.02. The van der Waals surface area contributed by atoms with Crippen molar-refractivity contribution in [3.63, 3.8) is 0 Å². The molecule has 0 fully saturated rings. The summed E-state index contributed by atoms with van der Waals surface area (Å²) in [6.45, 7) is 0. The Labute approximate surface area is 126 Å². The SMILES string of the molecule is COc1ccc(F)cc1S(=O)(=O)Nc1ccccc1C(=O)[O-]. The molecule has 0 amide bonds. The summed E-state index contributed by atoms with van der Waals surface area (Å²) in [6, 6.07) is 8.31. The molecule has 0 radical (unpaired) electrons. The smallest absolute Gasteiger partial charge is 0.265 e. The van der Waals surface area contributed by atoms with Crippen LogP contribution in [-0.4, -0.2) is 21.5 Å². The quantitative estimate of drug-likeness (QED) is 0.885. The van der Waals surface area contributed by atoms with Gasteiger partial charge in [0.1, 0.15) is 16.5 Å². The topological polar surface area (TPSA) is 95.5 Å². The number of carboxylic acid groups (broad SMARTS) is 1. The van der Waals surface area contributed by atoms with Crippen LogP contribution in [0, 0.1) is 5.82 Å². The number of methoxy groups -OCH3 is 1. The molecule has 0 saturated carbocycles. The summed E-state index contributed by atoms with van der Waals surface area (Å²) in [5.74, 6) is -2.38. The molecule has 0 bridgehead atoms. The zero-order chi connectivity index (χ0) is 16.3. The van der Waals surface area contributed by atoms with E-state index in [1.54, 1.807) is 0 Å². The molecule has 0 unspecified atom stereocenters. The van der Waals surface area contributed by atoms with Crippen molar-refractivity contribution >= 4 is 21.7 Å². The van der Waals surface area contributed by atoms with Gasteiger partial charge in [0.25, 0.3) is 10.0 Å². The van der Waals surface area contributed by atoms with Crippen molar-refractivity contribution < 1.29 is 27.4 Å². The van der Waals surface area contributed by atoms with Crippen LogP contribution >= 0.6 is 0 Å². The maximum absolute atomic E-state index is 13.3. The van der Waals surface area contributed by atoms with Gasteiger partial charge in [0.15, 0.2) is 0 Å². The van der Waals surface area contributed by atoms with Gasteiger partial charge in [0, 0.05) is 5.56 Å². The molecule has 0 saturated heterocycles. The van der Waals surface area contributed by atoms with Gasteiger partial charge >= 0.3 is 0 Å². The Bertz CT molecular complexity index is 820. The molecule has 0 heterocycles. The van der Waals surface area contributed by atoms with Crippen LogP contribution < -0.4 is 14.6 Å². The highest BCUT2D eigenvalue weighted by Gasteiger charge is 2.21. The van der Waals surface area contributed by atoms with E-state index in [9.17, 15) is 22.7 Å². The van der Waals surface area contributed by atoms with Crippen LogP contribution in [0.1, 0.15) is 10.4 Å². The molecule has 1 N–H and O–H groups in total. The van der Waals surface area contributed by atoms with Crippen LogP contribution in [0.5, 0.6) is 5.75 Å². The number of nitrogens with one attached hydrogen (secondary N) is 1. The number of aromatic carboxylic acids is 1. The Kier molecular flexibility index (Phi) is 4.32. The number of rotatable bonds is 5. The number of halogens is 1. The van der Waals surface area contributed by atoms with Crippen molar-refractivity contribution in [3.05, 3.63) is 53.8 Å². The second-order valence-electron chi connectivity index (χ2n) is 4.23. The van der Waals surface area contributed by atoms with E-state index in [1.807, 2.05) is 0 Å². The Morgan fingerprint density at radius 1 is 1.23 bits per heavy atom. The molecule has 0 aromatic heterocycles. The Hall–Kier alpha value is -2.61. The Morgan fingerprint density at radius 2 is 1.91 bits per heavy atom. The van der Waals surface area contributed by atoms with Crippen LogP contribution in [0.15, 0.2) is 47.4 Å². The van der Waals surface area contributed by atoms with Gasteiger partial charge in [0.2, 0.25) is 0 Å². The summed E-state index contributed by atoms with van der Waals surface area (Å²) in [5, 5.41) is 11.0. The second-order valence-corrected chi connectivity index (χ2v) is 5.88. The number of hydrogen-bond donors (Lipinski definition) is 1.